The van der Waals surface area contributed by atoms with E-state index in [-0.39, 0.29) is 11.3 Å². The van der Waals surface area contributed by atoms with E-state index in [2.05, 4.69) is 19.2 Å². The van der Waals surface area contributed by atoms with E-state index in [1.54, 1.807) is 0 Å². The molecule has 0 bridgehead atoms. The smallest absolute Gasteiger partial charge is 0.156 e. The molecule has 4 atom stereocenters. The summed E-state index contributed by atoms with van der Waals surface area (Å²) in [6, 6.07) is 0.215. The van der Waals surface area contributed by atoms with Crippen LogP contribution in [-0.4, -0.2) is 32.0 Å². The van der Waals surface area contributed by atoms with E-state index < -0.39 is 9.84 Å². The molecule has 3 nitrogen and oxygen atoms in total. The molecule has 0 radical (unpaired) electrons. The van der Waals surface area contributed by atoms with Crippen molar-refractivity contribution in [2.45, 2.75) is 38.0 Å². The van der Waals surface area contributed by atoms with Gasteiger partial charge in [0.2, 0.25) is 0 Å². The van der Waals surface area contributed by atoms with Crippen molar-refractivity contribution < 1.29 is 8.42 Å². The number of rotatable bonds is 0. The second-order valence-corrected chi connectivity index (χ2v) is 7.22. The molecule has 0 amide bonds. The van der Waals surface area contributed by atoms with Crippen molar-refractivity contribution in [3.63, 3.8) is 0 Å². The van der Waals surface area contributed by atoms with E-state index in [1.165, 1.54) is 0 Å². The van der Waals surface area contributed by atoms with Crippen LogP contribution >= 0.6 is 0 Å². The Bertz CT molecular complexity index is 312. The molecular formula is C10H19NO2S. The van der Waals surface area contributed by atoms with E-state index >= 15 is 0 Å². The number of fused-ring (bicyclic) bond motifs is 1. The molecule has 2 fully saturated rings. The van der Waals surface area contributed by atoms with E-state index in [9.17, 15) is 8.42 Å². The lowest BCUT2D eigenvalue weighted by molar-refractivity contribution is 0.237. The number of hydrogen-bond donors (Lipinski definition) is 1. The van der Waals surface area contributed by atoms with Gasteiger partial charge in [0, 0.05) is 12.6 Å². The highest BCUT2D eigenvalue weighted by atomic mass is 32.2. The Kier molecular flexibility index (Phi) is 2.60. The van der Waals surface area contributed by atoms with Gasteiger partial charge in [0.25, 0.3) is 0 Å². The van der Waals surface area contributed by atoms with Crippen molar-refractivity contribution >= 4 is 9.84 Å². The van der Waals surface area contributed by atoms with E-state index in [1.807, 2.05) is 0 Å². The highest BCUT2D eigenvalue weighted by Gasteiger charge is 2.43. The molecule has 0 spiro atoms. The standard InChI is InChI=1S/C10H19NO2S/c1-7-5-8(2)10-9(6-7)11-3-4-14(10,12)13/h7-11H,3-6H2,1-2H3. The quantitative estimate of drug-likeness (QED) is 0.653. The van der Waals surface area contributed by atoms with E-state index in [0.717, 1.165) is 12.8 Å². The topological polar surface area (TPSA) is 46.2 Å². The molecule has 4 unspecified atom stereocenters. The molecule has 14 heavy (non-hydrogen) atoms. The van der Waals surface area contributed by atoms with Gasteiger partial charge in [-0.2, -0.15) is 0 Å². The van der Waals surface area contributed by atoms with Gasteiger partial charge in [-0.15, -0.1) is 0 Å². The third-order valence-electron chi connectivity index (χ3n) is 3.60. The molecule has 1 saturated heterocycles. The third-order valence-corrected chi connectivity index (χ3v) is 5.99. The molecule has 1 N–H and O–H groups in total. The first-order chi connectivity index (χ1) is 6.50. The van der Waals surface area contributed by atoms with Crippen molar-refractivity contribution in [2.24, 2.45) is 11.8 Å². The maximum atomic E-state index is 11.9. The van der Waals surface area contributed by atoms with Crippen LogP contribution in [0, 0.1) is 11.8 Å². The molecule has 1 heterocycles. The Morgan fingerprint density at radius 1 is 1.21 bits per heavy atom. The largest absolute Gasteiger partial charge is 0.312 e. The molecule has 2 aliphatic rings. The van der Waals surface area contributed by atoms with Crippen LogP contribution in [0.1, 0.15) is 26.7 Å². The van der Waals surface area contributed by atoms with Crippen molar-refractivity contribution in [3.8, 4) is 0 Å². The fourth-order valence-corrected chi connectivity index (χ4v) is 5.36. The molecule has 1 aliphatic carbocycles. The summed E-state index contributed by atoms with van der Waals surface area (Å²) in [5.41, 5.74) is 0. The van der Waals surface area contributed by atoms with Gasteiger partial charge in [-0.3, -0.25) is 0 Å². The van der Waals surface area contributed by atoms with Gasteiger partial charge in [-0.25, -0.2) is 8.42 Å². The van der Waals surface area contributed by atoms with Crippen molar-refractivity contribution in [3.05, 3.63) is 0 Å². The Balaban J connectivity index is 2.26. The molecule has 1 aliphatic heterocycles. The summed E-state index contributed by atoms with van der Waals surface area (Å²) in [7, 11) is -2.82. The lowest BCUT2D eigenvalue weighted by Crippen LogP contribution is -2.57. The van der Waals surface area contributed by atoms with Crippen LogP contribution < -0.4 is 5.32 Å². The third kappa shape index (κ3) is 1.70. The summed E-state index contributed by atoms with van der Waals surface area (Å²) < 4.78 is 23.8. The molecule has 0 aromatic heterocycles. The predicted octanol–water partition coefficient (Wildman–Crippen LogP) is 0.808. The van der Waals surface area contributed by atoms with Crippen LogP contribution in [0.25, 0.3) is 0 Å². The van der Waals surface area contributed by atoms with Crippen LogP contribution in [0.5, 0.6) is 0 Å². The lowest BCUT2D eigenvalue weighted by atomic mass is 9.80. The summed E-state index contributed by atoms with van der Waals surface area (Å²) >= 11 is 0. The van der Waals surface area contributed by atoms with Crippen LogP contribution in [0.2, 0.25) is 0 Å². The average molecular weight is 217 g/mol. The summed E-state index contributed by atoms with van der Waals surface area (Å²) in [4.78, 5) is 0. The summed E-state index contributed by atoms with van der Waals surface area (Å²) in [6.45, 7) is 4.94. The molecule has 82 valence electrons. The molecular weight excluding hydrogens is 198 g/mol. The van der Waals surface area contributed by atoms with E-state index in [4.69, 9.17) is 0 Å². The Morgan fingerprint density at radius 2 is 1.93 bits per heavy atom. The SMILES string of the molecule is CC1CC(C)C2C(C1)NCCS2(=O)=O. The van der Waals surface area contributed by atoms with E-state index in [0.29, 0.717) is 24.1 Å². The zero-order valence-electron chi connectivity index (χ0n) is 8.86. The molecule has 0 aromatic rings. The minimum atomic E-state index is -2.82. The second kappa shape index (κ2) is 3.49. The van der Waals surface area contributed by atoms with Gasteiger partial charge in [-0.05, 0) is 24.7 Å². The molecule has 2 rings (SSSR count). The highest BCUT2D eigenvalue weighted by molar-refractivity contribution is 7.92. The van der Waals surface area contributed by atoms with Gasteiger partial charge < -0.3 is 5.32 Å². The minimum Gasteiger partial charge on any atom is -0.312 e. The Hall–Kier alpha value is -0.0900. The van der Waals surface area contributed by atoms with Crippen LogP contribution in [0.4, 0.5) is 0 Å². The normalized spacial score (nSPS) is 47.0. The first-order valence-electron chi connectivity index (χ1n) is 5.45. The maximum Gasteiger partial charge on any atom is 0.156 e. The van der Waals surface area contributed by atoms with Gasteiger partial charge in [0.1, 0.15) is 0 Å². The van der Waals surface area contributed by atoms with Gasteiger partial charge in [0.15, 0.2) is 9.84 Å². The van der Waals surface area contributed by atoms with Crippen LogP contribution in [0.3, 0.4) is 0 Å². The van der Waals surface area contributed by atoms with Gasteiger partial charge >= 0.3 is 0 Å². The first-order valence-corrected chi connectivity index (χ1v) is 7.17. The van der Waals surface area contributed by atoms with Crippen molar-refractivity contribution in [1.29, 1.82) is 0 Å². The Labute approximate surface area is 86.2 Å². The lowest BCUT2D eigenvalue weighted by Gasteiger charge is -2.42. The molecule has 4 heteroatoms. The summed E-state index contributed by atoms with van der Waals surface area (Å²) in [5, 5.41) is 3.24. The van der Waals surface area contributed by atoms with Gasteiger partial charge in [0.05, 0.1) is 11.0 Å². The summed E-state index contributed by atoms with van der Waals surface area (Å²) in [5.74, 6) is 1.31. The van der Waals surface area contributed by atoms with Crippen molar-refractivity contribution in [1.82, 2.24) is 5.32 Å². The monoisotopic (exact) mass is 217 g/mol. The molecule has 1 saturated carbocycles. The number of sulfone groups is 1. The fourth-order valence-electron chi connectivity index (χ4n) is 3.16. The minimum absolute atomic E-state index is 0.118. The zero-order chi connectivity index (χ0) is 10.3. The Morgan fingerprint density at radius 3 is 2.64 bits per heavy atom. The maximum absolute atomic E-state index is 11.9. The van der Waals surface area contributed by atoms with Crippen LogP contribution in [-0.2, 0) is 9.84 Å². The number of hydrogen-bond acceptors (Lipinski definition) is 3. The highest BCUT2D eigenvalue weighted by Crippen LogP contribution is 2.34. The predicted molar refractivity (Wildman–Crippen MR) is 56.9 cm³/mol. The number of nitrogens with one attached hydrogen (secondary N) is 1. The van der Waals surface area contributed by atoms with Crippen LogP contribution in [0.15, 0.2) is 0 Å². The summed E-state index contributed by atoms with van der Waals surface area (Å²) in [6.07, 6.45) is 2.08. The average Bonchev–Trinajstić information content (AvgIpc) is 2.00. The first kappa shape index (κ1) is 10.4. The second-order valence-electron chi connectivity index (χ2n) is 4.95. The van der Waals surface area contributed by atoms with Crippen molar-refractivity contribution in [2.75, 3.05) is 12.3 Å². The van der Waals surface area contributed by atoms with Gasteiger partial charge in [-0.1, -0.05) is 13.8 Å². The zero-order valence-corrected chi connectivity index (χ0v) is 9.68. The fraction of sp³-hybridized carbons (Fsp3) is 1.00. The molecule has 0 aromatic carbocycles.